The summed E-state index contributed by atoms with van der Waals surface area (Å²) < 4.78 is 0. The van der Waals surface area contributed by atoms with Gasteiger partial charge in [0, 0.05) is 6.04 Å². The maximum Gasteiger partial charge on any atom is 0.0328 e. The molecular formula is C15H25N. The van der Waals surface area contributed by atoms with Crippen LogP contribution in [-0.2, 0) is 0 Å². The van der Waals surface area contributed by atoms with Crippen molar-refractivity contribution in [2.24, 2.45) is 17.6 Å². The average molecular weight is 219 g/mol. The molecule has 2 atom stereocenters. The Bertz CT molecular complexity index is 343. The Kier molecular flexibility index (Phi) is 4.15. The van der Waals surface area contributed by atoms with Crippen molar-refractivity contribution in [3.05, 3.63) is 34.4 Å². The zero-order chi connectivity index (χ0) is 12.5. The van der Waals surface area contributed by atoms with Crippen LogP contribution < -0.4 is 5.73 Å². The van der Waals surface area contributed by atoms with Crippen LogP contribution in [-0.4, -0.2) is 0 Å². The molecule has 0 heterocycles. The van der Waals surface area contributed by atoms with E-state index in [1.54, 1.807) is 0 Å². The minimum Gasteiger partial charge on any atom is -0.324 e. The first kappa shape index (κ1) is 13.2. The summed E-state index contributed by atoms with van der Waals surface area (Å²) in [6, 6.07) is 4.62. The lowest BCUT2D eigenvalue weighted by Crippen LogP contribution is -2.24. The third-order valence-corrected chi connectivity index (χ3v) is 3.69. The maximum absolute atomic E-state index is 6.39. The molecule has 0 aromatic heterocycles. The van der Waals surface area contributed by atoms with Gasteiger partial charge in [0.25, 0.3) is 0 Å². The Balaban J connectivity index is 3.13. The fraction of sp³-hybridized carbons (Fsp3) is 0.600. The van der Waals surface area contributed by atoms with E-state index >= 15 is 0 Å². The predicted octanol–water partition coefficient (Wildman–Crippen LogP) is 3.90. The molecule has 16 heavy (non-hydrogen) atoms. The molecule has 0 saturated carbocycles. The van der Waals surface area contributed by atoms with Crippen molar-refractivity contribution >= 4 is 0 Å². The third kappa shape index (κ3) is 2.65. The largest absolute Gasteiger partial charge is 0.324 e. The van der Waals surface area contributed by atoms with E-state index in [1.807, 2.05) is 0 Å². The quantitative estimate of drug-likeness (QED) is 0.819. The van der Waals surface area contributed by atoms with E-state index < -0.39 is 0 Å². The highest BCUT2D eigenvalue weighted by atomic mass is 14.7. The van der Waals surface area contributed by atoms with E-state index in [-0.39, 0.29) is 6.04 Å². The molecule has 0 bridgehead atoms. The lowest BCUT2D eigenvalue weighted by Gasteiger charge is -2.27. The Labute approximate surface area is 100 Å². The molecule has 90 valence electrons. The van der Waals surface area contributed by atoms with Crippen LogP contribution in [0, 0.1) is 32.6 Å². The molecule has 0 amide bonds. The normalized spacial score (nSPS) is 15.2. The smallest absolute Gasteiger partial charge is 0.0328 e. The zero-order valence-corrected chi connectivity index (χ0v) is 11.5. The fourth-order valence-corrected chi connectivity index (χ4v) is 2.39. The van der Waals surface area contributed by atoms with E-state index in [9.17, 15) is 0 Å². The summed E-state index contributed by atoms with van der Waals surface area (Å²) >= 11 is 0. The standard InChI is InChI=1S/C15H25N/c1-9(2)13(6)15(16)14-11(4)7-10(3)8-12(14)5/h7-9,13,15H,16H2,1-6H3. The molecule has 0 saturated heterocycles. The van der Waals surface area contributed by atoms with Crippen LogP contribution in [0.2, 0.25) is 0 Å². The second kappa shape index (κ2) is 5.01. The van der Waals surface area contributed by atoms with Gasteiger partial charge >= 0.3 is 0 Å². The topological polar surface area (TPSA) is 26.0 Å². The second-order valence-electron chi connectivity index (χ2n) is 5.44. The van der Waals surface area contributed by atoms with Crippen molar-refractivity contribution in [2.45, 2.75) is 47.6 Å². The van der Waals surface area contributed by atoms with Gasteiger partial charge in [0.05, 0.1) is 0 Å². The van der Waals surface area contributed by atoms with Gasteiger partial charge in [-0.15, -0.1) is 0 Å². The second-order valence-corrected chi connectivity index (χ2v) is 5.44. The fourth-order valence-electron chi connectivity index (χ4n) is 2.39. The van der Waals surface area contributed by atoms with Gasteiger partial charge in [-0.1, -0.05) is 38.5 Å². The van der Waals surface area contributed by atoms with E-state index in [0.29, 0.717) is 11.8 Å². The monoisotopic (exact) mass is 219 g/mol. The summed E-state index contributed by atoms with van der Waals surface area (Å²) in [4.78, 5) is 0. The third-order valence-electron chi connectivity index (χ3n) is 3.69. The molecule has 0 radical (unpaired) electrons. The molecule has 1 rings (SSSR count). The van der Waals surface area contributed by atoms with Crippen LogP contribution in [0.3, 0.4) is 0 Å². The SMILES string of the molecule is Cc1cc(C)c(C(N)C(C)C(C)C)c(C)c1. The van der Waals surface area contributed by atoms with Gasteiger partial charge in [0.1, 0.15) is 0 Å². The molecule has 0 aliphatic carbocycles. The van der Waals surface area contributed by atoms with Crippen molar-refractivity contribution in [3.63, 3.8) is 0 Å². The zero-order valence-electron chi connectivity index (χ0n) is 11.5. The van der Waals surface area contributed by atoms with Crippen molar-refractivity contribution in [2.75, 3.05) is 0 Å². The van der Waals surface area contributed by atoms with Crippen molar-refractivity contribution in [1.29, 1.82) is 0 Å². The molecule has 1 aromatic carbocycles. The molecule has 1 aromatic rings. The molecule has 2 unspecified atom stereocenters. The molecular weight excluding hydrogens is 194 g/mol. The summed E-state index contributed by atoms with van der Waals surface area (Å²) in [7, 11) is 0. The highest BCUT2D eigenvalue weighted by Gasteiger charge is 2.21. The molecule has 0 spiro atoms. The predicted molar refractivity (Wildman–Crippen MR) is 71.6 cm³/mol. The summed E-state index contributed by atoms with van der Waals surface area (Å²) in [6.07, 6.45) is 0. The van der Waals surface area contributed by atoms with E-state index in [2.05, 4.69) is 53.7 Å². The number of hydrogen-bond donors (Lipinski definition) is 1. The number of benzene rings is 1. The highest BCUT2D eigenvalue weighted by molar-refractivity contribution is 5.39. The van der Waals surface area contributed by atoms with Gasteiger partial charge in [-0.2, -0.15) is 0 Å². The van der Waals surface area contributed by atoms with E-state index in [4.69, 9.17) is 5.73 Å². The van der Waals surface area contributed by atoms with Gasteiger partial charge in [0.2, 0.25) is 0 Å². The van der Waals surface area contributed by atoms with Gasteiger partial charge in [-0.3, -0.25) is 0 Å². The van der Waals surface area contributed by atoms with Crippen LogP contribution in [0.1, 0.15) is 49.1 Å². The number of aryl methyl sites for hydroxylation is 3. The van der Waals surface area contributed by atoms with E-state index in [0.717, 1.165) is 0 Å². The summed E-state index contributed by atoms with van der Waals surface area (Å²) in [6.45, 7) is 13.2. The number of nitrogens with two attached hydrogens (primary N) is 1. The Morgan fingerprint density at radius 1 is 0.938 bits per heavy atom. The first-order valence-corrected chi connectivity index (χ1v) is 6.18. The summed E-state index contributed by atoms with van der Waals surface area (Å²) in [5.74, 6) is 1.13. The van der Waals surface area contributed by atoms with Gasteiger partial charge in [-0.05, 0) is 49.3 Å². The van der Waals surface area contributed by atoms with Crippen molar-refractivity contribution in [3.8, 4) is 0 Å². The maximum atomic E-state index is 6.39. The Morgan fingerprint density at radius 3 is 1.75 bits per heavy atom. The van der Waals surface area contributed by atoms with Crippen molar-refractivity contribution < 1.29 is 0 Å². The highest BCUT2D eigenvalue weighted by Crippen LogP contribution is 2.30. The molecule has 1 nitrogen and oxygen atoms in total. The summed E-state index contributed by atoms with van der Waals surface area (Å²) in [5.41, 5.74) is 11.7. The molecule has 1 heteroatoms. The number of hydrogen-bond acceptors (Lipinski definition) is 1. The van der Waals surface area contributed by atoms with Crippen LogP contribution in [0.15, 0.2) is 12.1 Å². The van der Waals surface area contributed by atoms with Gasteiger partial charge in [0.15, 0.2) is 0 Å². The average Bonchev–Trinajstić information content (AvgIpc) is 2.14. The lowest BCUT2D eigenvalue weighted by molar-refractivity contribution is 0.350. The first-order chi connectivity index (χ1) is 7.34. The minimum absolute atomic E-state index is 0.153. The Hall–Kier alpha value is -0.820. The van der Waals surface area contributed by atoms with E-state index in [1.165, 1.54) is 22.3 Å². The lowest BCUT2D eigenvalue weighted by atomic mass is 9.83. The summed E-state index contributed by atoms with van der Waals surface area (Å²) in [5, 5.41) is 0. The molecule has 0 fully saturated rings. The van der Waals surface area contributed by atoms with Gasteiger partial charge < -0.3 is 5.73 Å². The number of rotatable bonds is 3. The Morgan fingerprint density at radius 2 is 1.38 bits per heavy atom. The van der Waals surface area contributed by atoms with Crippen LogP contribution in [0.25, 0.3) is 0 Å². The molecule has 0 aliphatic rings. The molecule has 0 aliphatic heterocycles. The van der Waals surface area contributed by atoms with Crippen LogP contribution >= 0.6 is 0 Å². The van der Waals surface area contributed by atoms with Crippen LogP contribution in [0.5, 0.6) is 0 Å². The van der Waals surface area contributed by atoms with Crippen LogP contribution in [0.4, 0.5) is 0 Å². The van der Waals surface area contributed by atoms with Crippen molar-refractivity contribution in [1.82, 2.24) is 0 Å². The first-order valence-electron chi connectivity index (χ1n) is 6.18. The minimum atomic E-state index is 0.153. The van der Waals surface area contributed by atoms with Gasteiger partial charge in [-0.25, -0.2) is 0 Å². The molecule has 2 N–H and O–H groups in total.